The molecule has 0 bridgehead atoms. The van der Waals surface area contributed by atoms with Crippen molar-refractivity contribution in [1.29, 1.82) is 0 Å². The van der Waals surface area contributed by atoms with Gasteiger partial charge in [-0.2, -0.15) is 4.73 Å². The third-order valence-electron chi connectivity index (χ3n) is 1.20. The number of aromatic nitrogens is 4. The van der Waals surface area contributed by atoms with Gasteiger partial charge in [0.25, 0.3) is 0 Å². The van der Waals surface area contributed by atoms with Crippen molar-refractivity contribution in [2.24, 2.45) is 0 Å². The average Bonchev–Trinajstić information content (AvgIpc) is 2.36. The summed E-state index contributed by atoms with van der Waals surface area (Å²) in [6.45, 7) is 0. The van der Waals surface area contributed by atoms with Crippen molar-refractivity contribution in [3.8, 4) is 11.5 Å². The maximum atomic E-state index is 9.01. The molecule has 5 nitrogen and oxygen atoms in total. The molecule has 1 N–H and O–H groups in total. The monoisotopic (exact) mass is 136 g/mol. The van der Waals surface area contributed by atoms with Crippen molar-refractivity contribution in [2.45, 2.75) is 0 Å². The highest BCUT2D eigenvalue weighted by Crippen LogP contribution is 2.12. The molecule has 0 fully saturated rings. The van der Waals surface area contributed by atoms with E-state index in [1.54, 1.807) is 12.3 Å². The number of hydrogen-bond donors (Lipinski definition) is 1. The molecule has 0 amide bonds. The fraction of sp³-hybridized carbons (Fsp3) is 0. The van der Waals surface area contributed by atoms with Crippen LogP contribution in [0.4, 0.5) is 0 Å². The van der Waals surface area contributed by atoms with Crippen LogP contribution >= 0.6 is 0 Å². The molecule has 2 rings (SSSR count). The predicted molar refractivity (Wildman–Crippen MR) is 31.6 cm³/mol. The third-order valence-corrected chi connectivity index (χ3v) is 1.20. The predicted octanol–water partition coefficient (Wildman–Crippen LogP) is 0.0152. The quantitative estimate of drug-likeness (QED) is 0.518. The molecule has 0 radical (unpaired) electrons. The van der Waals surface area contributed by atoms with Crippen LogP contribution in [0.3, 0.4) is 0 Å². The van der Waals surface area contributed by atoms with Gasteiger partial charge in [0.2, 0.25) is 0 Å². The topological polar surface area (TPSA) is 63.8 Å². The van der Waals surface area contributed by atoms with E-state index in [1.165, 1.54) is 6.33 Å². The van der Waals surface area contributed by atoms with E-state index in [-0.39, 0.29) is 0 Å². The Morgan fingerprint density at radius 2 is 2.40 bits per heavy atom. The van der Waals surface area contributed by atoms with E-state index in [0.717, 1.165) is 4.73 Å². The first-order chi connectivity index (χ1) is 4.88. The van der Waals surface area contributed by atoms with Gasteiger partial charge in [-0.3, -0.25) is 0 Å². The van der Waals surface area contributed by atoms with Crippen molar-refractivity contribution in [1.82, 2.24) is 19.9 Å². The lowest BCUT2D eigenvalue weighted by atomic mass is 10.4. The SMILES string of the molecule is On1cnnc2ccnc1-2. The van der Waals surface area contributed by atoms with Crippen molar-refractivity contribution in [3.05, 3.63) is 18.6 Å². The standard InChI is InChI=1S/C5H4N4O/c10-9-3-7-8-4-1-2-6-5(4)9/h1-3,10H. The molecule has 0 saturated heterocycles. The summed E-state index contributed by atoms with van der Waals surface area (Å²) in [7, 11) is 0. The van der Waals surface area contributed by atoms with Crippen LogP contribution < -0.4 is 0 Å². The number of rotatable bonds is 0. The molecule has 2 aliphatic rings. The molecule has 0 aromatic rings. The molecular formula is C5H4N4O. The van der Waals surface area contributed by atoms with Gasteiger partial charge in [0, 0.05) is 6.20 Å². The van der Waals surface area contributed by atoms with Crippen LogP contribution in [0.2, 0.25) is 0 Å². The second kappa shape index (κ2) is 1.66. The second-order valence-corrected chi connectivity index (χ2v) is 1.83. The molecule has 0 atom stereocenters. The smallest absolute Gasteiger partial charge is 0.197 e. The van der Waals surface area contributed by atoms with Gasteiger partial charge in [0.1, 0.15) is 5.69 Å². The summed E-state index contributed by atoms with van der Waals surface area (Å²) in [4.78, 5) is 3.83. The molecule has 10 heavy (non-hydrogen) atoms. The second-order valence-electron chi connectivity index (χ2n) is 1.83. The summed E-state index contributed by atoms with van der Waals surface area (Å²) in [5.74, 6) is 0.426. The third kappa shape index (κ3) is 0.540. The fourth-order valence-corrected chi connectivity index (χ4v) is 0.765. The van der Waals surface area contributed by atoms with Crippen molar-refractivity contribution >= 4 is 0 Å². The Bertz CT molecular complexity index is 318. The summed E-state index contributed by atoms with van der Waals surface area (Å²) in [6.07, 6.45) is 2.75. The molecular weight excluding hydrogens is 132 g/mol. The van der Waals surface area contributed by atoms with Gasteiger partial charge in [-0.15, -0.1) is 10.2 Å². The van der Waals surface area contributed by atoms with Crippen molar-refractivity contribution in [3.63, 3.8) is 0 Å². The van der Waals surface area contributed by atoms with Gasteiger partial charge in [0.05, 0.1) is 0 Å². The molecule has 0 aliphatic carbocycles. The van der Waals surface area contributed by atoms with Crippen LogP contribution in [0, 0.1) is 0 Å². The van der Waals surface area contributed by atoms with E-state index < -0.39 is 0 Å². The highest BCUT2D eigenvalue weighted by Gasteiger charge is 2.07. The van der Waals surface area contributed by atoms with E-state index in [9.17, 15) is 0 Å². The van der Waals surface area contributed by atoms with Crippen molar-refractivity contribution < 1.29 is 5.21 Å². The largest absolute Gasteiger partial charge is 0.425 e. The lowest BCUT2D eigenvalue weighted by molar-refractivity contribution is 0.181. The van der Waals surface area contributed by atoms with Crippen molar-refractivity contribution in [2.75, 3.05) is 0 Å². The summed E-state index contributed by atoms with van der Waals surface area (Å²) >= 11 is 0. The Kier molecular flexibility index (Phi) is 0.858. The zero-order valence-corrected chi connectivity index (χ0v) is 4.97. The number of nitrogens with zero attached hydrogens (tertiary/aromatic N) is 4. The van der Waals surface area contributed by atoms with Crippen LogP contribution in [0.15, 0.2) is 18.6 Å². The van der Waals surface area contributed by atoms with Crippen LogP contribution in [-0.2, 0) is 0 Å². The summed E-state index contributed by atoms with van der Waals surface area (Å²) in [5, 5.41) is 16.2. The number of fused-ring (bicyclic) bond motifs is 1. The first-order valence-corrected chi connectivity index (χ1v) is 2.72. The molecule has 5 heteroatoms. The molecule has 50 valence electrons. The summed E-state index contributed by atoms with van der Waals surface area (Å²) < 4.78 is 0.836. The van der Waals surface area contributed by atoms with E-state index in [1.807, 2.05) is 0 Å². The van der Waals surface area contributed by atoms with Crippen LogP contribution in [0.25, 0.3) is 11.5 Å². The maximum Gasteiger partial charge on any atom is 0.197 e. The Hall–Kier alpha value is -1.65. The molecule has 0 spiro atoms. The van der Waals surface area contributed by atoms with Gasteiger partial charge in [-0.1, -0.05) is 0 Å². The minimum atomic E-state index is 0.426. The van der Waals surface area contributed by atoms with E-state index in [2.05, 4.69) is 15.2 Å². The van der Waals surface area contributed by atoms with Crippen LogP contribution in [0.5, 0.6) is 0 Å². The molecule has 2 heterocycles. The Balaban J connectivity index is 2.80. The highest BCUT2D eigenvalue weighted by atomic mass is 16.5. The van der Waals surface area contributed by atoms with Gasteiger partial charge < -0.3 is 5.21 Å². The fourth-order valence-electron chi connectivity index (χ4n) is 0.765. The van der Waals surface area contributed by atoms with Gasteiger partial charge in [-0.05, 0) is 6.07 Å². The normalized spacial score (nSPS) is 10.4. The highest BCUT2D eigenvalue weighted by molar-refractivity contribution is 5.49. The summed E-state index contributed by atoms with van der Waals surface area (Å²) in [5.41, 5.74) is 0.588. The number of hydrogen-bond acceptors (Lipinski definition) is 4. The summed E-state index contributed by atoms with van der Waals surface area (Å²) in [6, 6.07) is 1.68. The molecule has 0 aromatic carbocycles. The Morgan fingerprint density at radius 1 is 1.50 bits per heavy atom. The first kappa shape index (κ1) is 5.16. The van der Waals surface area contributed by atoms with Gasteiger partial charge >= 0.3 is 0 Å². The maximum absolute atomic E-state index is 9.01. The lowest BCUT2D eigenvalue weighted by Crippen LogP contribution is -2.01. The van der Waals surface area contributed by atoms with Gasteiger partial charge in [0.15, 0.2) is 12.2 Å². The zero-order valence-electron chi connectivity index (χ0n) is 4.97. The van der Waals surface area contributed by atoms with Gasteiger partial charge in [-0.25, -0.2) is 4.98 Å². The minimum absolute atomic E-state index is 0.426. The Morgan fingerprint density at radius 3 is 3.20 bits per heavy atom. The lowest BCUT2D eigenvalue weighted by Gasteiger charge is -1.98. The van der Waals surface area contributed by atoms with Crippen LogP contribution in [0.1, 0.15) is 0 Å². The molecule has 2 aliphatic heterocycles. The Labute approximate surface area is 56.3 Å². The first-order valence-electron chi connectivity index (χ1n) is 2.72. The molecule has 0 aromatic heterocycles. The minimum Gasteiger partial charge on any atom is -0.425 e. The van der Waals surface area contributed by atoms with E-state index >= 15 is 0 Å². The van der Waals surface area contributed by atoms with E-state index in [4.69, 9.17) is 5.21 Å². The zero-order chi connectivity index (χ0) is 6.97. The molecule has 0 unspecified atom stereocenters. The van der Waals surface area contributed by atoms with E-state index in [0.29, 0.717) is 11.5 Å². The van der Waals surface area contributed by atoms with Crippen LogP contribution in [-0.4, -0.2) is 25.1 Å². The average molecular weight is 136 g/mol. The molecule has 0 saturated carbocycles.